The van der Waals surface area contributed by atoms with Gasteiger partial charge in [0.25, 0.3) is 0 Å². The smallest absolute Gasteiger partial charge is 0.409 e. The van der Waals surface area contributed by atoms with Gasteiger partial charge in [0.1, 0.15) is 12.4 Å². The molecule has 30 heavy (non-hydrogen) atoms. The second kappa shape index (κ2) is 10.2. The Morgan fingerprint density at radius 2 is 1.90 bits per heavy atom. The van der Waals surface area contributed by atoms with Crippen molar-refractivity contribution < 1.29 is 23.8 Å². The van der Waals surface area contributed by atoms with E-state index >= 15 is 0 Å². The van der Waals surface area contributed by atoms with E-state index in [1.165, 1.54) is 7.11 Å². The third-order valence-corrected chi connectivity index (χ3v) is 5.53. The molecular weight excluding hydrogens is 388 g/mol. The van der Waals surface area contributed by atoms with E-state index in [2.05, 4.69) is 16.3 Å². The number of carbonyl (C=O) groups excluding carboxylic acids is 2. The first-order valence-electron chi connectivity index (χ1n) is 10.2. The third-order valence-electron chi connectivity index (χ3n) is 5.53. The third kappa shape index (κ3) is 5.33. The second-order valence-corrected chi connectivity index (χ2v) is 7.47. The van der Waals surface area contributed by atoms with Crippen molar-refractivity contribution in [2.24, 2.45) is 0 Å². The number of piperazine rings is 1. The molecule has 9 nitrogen and oxygen atoms in total. The van der Waals surface area contributed by atoms with Crippen LogP contribution < -0.4 is 10.1 Å². The van der Waals surface area contributed by atoms with Crippen molar-refractivity contribution in [2.75, 3.05) is 40.0 Å². The van der Waals surface area contributed by atoms with E-state index in [4.69, 9.17) is 19.5 Å². The number of benzene rings is 1. The zero-order valence-corrected chi connectivity index (χ0v) is 17.4. The molecule has 0 saturated carbocycles. The normalized spacial score (nSPS) is 21.4. The zero-order chi connectivity index (χ0) is 21.5. The van der Waals surface area contributed by atoms with Gasteiger partial charge in [-0.1, -0.05) is 0 Å². The molecule has 1 aromatic carbocycles. The van der Waals surface area contributed by atoms with Gasteiger partial charge in [-0.3, -0.25) is 4.90 Å². The summed E-state index contributed by atoms with van der Waals surface area (Å²) in [5, 5.41) is 11.7. The Kier molecular flexibility index (Phi) is 7.36. The fraction of sp³-hybridized carbons (Fsp3) is 0.571. The molecule has 1 aromatic rings. The van der Waals surface area contributed by atoms with Gasteiger partial charge in [0.05, 0.1) is 31.4 Å². The van der Waals surface area contributed by atoms with Crippen molar-refractivity contribution in [1.29, 1.82) is 5.26 Å². The molecule has 0 radical (unpaired) electrons. The molecule has 2 aliphatic heterocycles. The Morgan fingerprint density at radius 3 is 2.47 bits per heavy atom. The molecule has 2 saturated heterocycles. The minimum Gasteiger partial charge on any atom is -0.491 e. The number of alkyl carbamates (subject to hydrolysis) is 1. The number of amides is 2. The number of hydrogen-bond donors (Lipinski definition) is 1. The molecule has 2 aliphatic rings. The van der Waals surface area contributed by atoms with Crippen LogP contribution in [0.25, 0.3) is 0 Å². The Balaban J connectivity index is 1.61. The number of carbonyl (C=O) groups is 2. The summed E-state index contributed by atoms with van der Waals surface area (Å²) >= 11 is 0. The molecule has 3 atom stereocenters. The standard InChI is InChI=1S/C21H28N4O5/c1-3-29-21(27)24-12-17-6-7-18(13-24)25(17)11-16(23-20(26)28-2)14-30-19-8-4-15(10-22)5-9-19/h4-5,8-9,16-18H,3,6-7,11-14H2,1-2H3,(H,23,26)/t16-,17?,18?/m0/s1. The van der Waals surface area contributed by atoms with E-state index < -0.39 is 6.09 Å². The monoisotopic (exact) mass is 416 g/mol. The Labute approximate surface area is 176 Å². The molecule has 162 valence electrons. The molecular formula is C21H28N4O5. The average Bonchev–Trinajstić information content (AvgIpc) is 2.98. The maximum atomic E-state index is 12.1. The summed E-state index contributed by atoms with van der Waals surface area (Å²) < 4.78 is 15.8. The lowest BCUT2D eigenvalue weighted by Crippen LogP contribution is -2.59. The summed E-state index contributed by atoms with van der Waals surface area (Å²) in [6, 6.07) is 9.08. The summed E-state index contributed by atoms with van der Waals surface area (Å²) in [6.45, 7) is 4.27. The zero-order valence-electron chi connectivity index (χ0n) is 17.4. The lowest BCUT2D eigenvalue weighted by Gasteiger charge is -2.41. The fourth-order valence-electron chi connectivity index (χ4n) is 4.09. The first-order valence-corrected chi connectivity index (χ1v) is 10.2. The minimum absolute atomic E-state index is 0.227. The molecule has 3 rings (SSSR count). The van der Waals surface area contributed by atoms with Crippen LogP contribution in [0.1, 0.15) is 25.3 Å². The molecule has 9 heteroatoms. The lowest BCUT2D eigenvalue weighted by atomic mass is 10.1. The Morgan fingerprint density at radius 1 is 1.23 bits per heavy atom. The number of ether oxygens (including phenoxy) is 3. The molecule has 0 aromatic heterocycles. The van der Waals surface area contributed by atoms with Crippen molar-refractivity contribution in [2.45, 2.75) is 37.9 Å². The van der Waals surface area contributed by atoms with Crippen LogP contribution in [0.4, 0.5) is 9.59 Å². The van der Waals surface area contributed by atoms with Crippen molar-refractivity contribution in [3.8, 4) is 11.8 Å². The molecule has 2 bridgehead atoms. The van der Waals surface area contributed by atoms with E-state index in [9.17, 15) is 9.59 Å². The number of hydrogen-bond acceptors (Lipinski definition) is 7. The number of rotatable bonds is 7. The molecule has 0 aliphatic carbocycles. The molecule has 2 amide bonds. The number of methoxy groups -OCH3 is 1. The van der Waals surface area contributed by atoms with E-state index in [1.54, 1.807) is 36.1 Å². The van der Waals surface area contributed by atoms with Crippen LogP contribution in [0, 0.1) is 11.3 Å². The van der Waals surface area contributed by atoms with Gasteiger partial charge in [0.15, 0.2) is 0 Å². The molecule has 0 spiro atoms. The van der Waals surface area contributed by atoms with Crippen LogP contribution in [-0.4, -0.2) is 80.1 Å². The van der Waals surface area contributed by atoms with Gasteiger partial charge < -0.3 is 24.4 Å². The highest BCUT2D eigenvalue weighted by atomic mass is 16.6. The molecule has 2 unspecified atom stereocenters. The van der Waals surface area contributed by atoms with Crippen LogP contribution >= 0.6 is 0 Å². The predicted molar refractivity (Wildman–Crippen MR) is 108 cm³/mol. The van der Waals surface area contributed by atoms with Crippen molar-refractivity contribution in [3.63, 3.8) is 0 Å². The molecule has 2 heterocycles. The van der Waals surface area contributed by atoms with Crippen molar-refractivity contribution in [3.05, 3.63) is 29.8 Å². The van der Waals surface area contributed by atoms with Crippen LogP contribution in [0.2, 0.25) is 0 Å². The minimum atomic E-state index is -0.513. The summed E-state index contributed by atoms with van der Waals surface area (Å²) in [6.07, 6.45) is 1.23. The van der Waals surface area contributed by atoms with Gasteiger partial charge in [-0.25, -0.2) is 9.59 Å². The van der Waals surface area contributed by atoms with Gasteiger partial charge in [-0.05, 0) is 44.0 Å². The summed E-state index contributed by atoms with van der Waals surface area (Å²) in [5.74, 6) is 0.626. The van der Waals surface area contributed by atoms with Crippen molar-refractivity contribution in [1.82, 2.24) is 15.1 Å². The highest BCUT2D eigenvalue weighted by Crippen LogP contribution is 2.30. The van der Waals surface area contributed by atoms with E-state index in [0.29, 0.717) is 37.6 Å². The maximum absolute atomic E-state index is 12.1. The first kappa shape index (κ1) is 21.7. The molecule has 1 N–H and O–H groups in total. The number of nitrogens with one attached hydrogen (secondary N) is 1. The van der Waals surface area contributed by atoms with Crippen molar-refractivity contribution >= 4 is 12.2 Å². The summed E-state index contributed by atoms with van der Waals surface area (Å²) in [7, 11) is 1.33. The predicted octanol–water partition coefficient (Wildman–Crippen LogP) is 1.97. The lowest BCUT2D eigenvalue weighted by molar-refractivity contribution is 0.0399. The van der Waals surface area contributed by atoms with Gasteiger partial charge in [-0.2, -0.15) is 5.26 Å². The van der Waals surface area contributed by atoms with Gasteiger partial charge in [0, 0.05) is 31.7 Å². The maximum Gasteiger partial charge on any atom is 0.409 e. The van der Waals surface area contributed by atoms with E-state index in [1.807, 2.05) is 0 Å². The Bertz CT molecular complexity index is 765. The first-order chi connectivity index (χ1) is 14.5. The quantitative estimate of drug-likeness (QED) is 0.725. The van der Waals surface area contributed by atoms with Crippen LogP contribution in [0.3, 0.4) is 0 Å². The highest BCUT2D eigenvalue weighted by Gasteiger charge is 2.42. The van der Waals surface area contributed by atoms with E-state index in [0.717, 1.165) is 12.8 Å². The van der Waals surface area contributed by atoms with Gasteiger partial charge >= 0.3 is 12.2 Å². The summed E-state index contributed by atoms with van der Waals surface area (Å²) in [4.78, 5) is 28.1. The van der Waals surface area contributed by atoms with Crippen LogP contribution in [0.15, 0.2) is 24.3 Å². The van der Waals surface area contributed by atoms with Crippen LogP contribution in [-0.2, 0) is 9.47 Å². The molecule has 2 fully saturated rings. The largest absolute Gasteiger partial charge is 0.491 e. The number of fused-ring (bicyclic) bond motifs is 2. The van der Waals surface area contributed by atoms with Gasteiger partial charge in [0.2, 0.25) is 0 Å². The highest BCUT2D eigenvalue weighted by molar-refractivity contribution is 5.68. The SMILES string of the molecule is CCOC(=O)N1CC2CCC(C1)N2C[C@@H](COc1ccc(C#N)cc1)NC(=O)OC. The number of likely N-dealkylation sites (tertiary alicyclic amines) is 1. The van der Waals surface area contributed by atoms with E-state index in [-0.39, 0.29) is 30.8 Å². The van der Waals surface area contributed by atoms with Crippen LogP contribution in [0.5, 0.6) is 5.75 Å². The number of nitriles is 1. The van der Waals surface area contributed by atoms with Gasteiger partial charge in [-0.15, -0.1) is 0 Å². The fourth-order valence-corrected chi connectivity index (χ4v) is 4.09. The Hall–Kier alpha value is -2.99. The topological polar surface area (TPSA) is 104 Å². The summed E-state index contributed by atoms with van der Waals surface area (Å²) in [5.41, 5.74) is 0.558. The second-order valence-electron chi connectivity index (χ2n) is 7.47. The average molecular weight is 416 g/mol. The number of nitrogens with zero attached hydrogens (tertiary/aromatic N) is 3.